The van der Waals surface area contributed by atoms with Crippen molar-refractivity contribution in [1.29, 1.82) is 0 Å². The first-order valence-corrected chi connectivity index (χ1v) is 4.74. The van der Waals surface area contributed by atoms with Crippen LogP contribution < -0.4 is 5.32 Å². The molecule has 2 unspecified atom stereocenters. The van der Waals surface area contributed by atoms with Gasteiger partial charge in [-0.15, -0.1) is 0 Å². The van der Waals surface area contributed by atoms with Gasteiger partial charge < -0.3 is 4.74 Å². The summed E-state index contributed by atoms with van der Waals surface area (Å²) >= 11 is 0. The van der Waals surface area contributed by atoms with E-state index in [9.17, 15) is 9.59 Å². The van der Waals surface area contributed by atoms with Crippen LogP contribution in [0.4, 0.5) is 0 Å². The average Bonchev–Trinajstić information content (AvgIpc) is 2.45. The Balaban J connectivity index is 2.32. The molecule has 2 aliphatic heterocycles. The van der Waals surface area contributed by atoms with Gasteiger partial charge in [0.25, 0.3) is 0 Å². The van der Waals surface area contributed by atoms with Gasteiger partial charge in [0.15, 0.2) is 0 Å². The van der Waals surface area contributed by atoms with Crippen molar-refractivity contribution in [2.24, 2.45) is 0 Å². The lowest BCUT2D eigenvalue weighted by Gasteiger charge is -2.41. The number of carbonyl (C=O) groups is 2. The molecule has 0 bridgehead atoms. The van der Waals surface area contributed by atoms with Crippen molar-refractivity contribution < 1.29 is 14.3 Å². The van der Waals surface area contributed by atoms with Gasteiger partial charge in [-0.2, -0.15) is 0 Å². The predicted molar refractivity (Wildman–Crippen MR) is 48.5 cm³/mol. The number of nitrogens with zero attached hydrogens (tertiary/aromatic N) is 1. The Kier molecular flexibility index (Phi) is 2.08. The van der Waals surface area contributed by atoms with E-state index in [1.807, 2.05) is 6.92 Å². The number of hydrogen-bond donors (Lipinski definition) is 1. The highest BCUT2D eigenvalue weighted by molar-refractivity contribution is 6.03. The first-order valence-electron chi connectivity index (χ1n) is 4.74. The third-order valence-corrected chi connectivity index (χ3v) is 3.23. The first-order chi connectivity index (χ1) is 6.57. The molecule has 5 nitrogen and oxygen atoms in total. The Morgan fingerprint density at radius 2 is 2.29 bits per heavy atom. The molecule has 78 valence electrons. The monoisotopic (exact) mass is 198 g/mol. The molecule has 2 atom stereocenters. The van der Waals surface area contributed by atoms with Gasteiger partial charge in [0, 0.05) is 13.0 Å². The molecule has 2 amide bonds. The third kappa shape index (κ3) is 1.09. The van der Waals surface area contributed by atoms with Gasteiger partial charge in [0.1, 0.15) is 5.54 Å². The van der Waals surface area contributed by atoms with Crippen LogP contribution >= 0.6 is 0 Å². The Morgan fingerprint density at radius 3 is 2.79 bits per heavy atom. The topological polar surface area (TPSA) is 58.6 Å². The first kappa shape index (κ1) is 9.61. The fourth-order valence-electron chi connectivity index (χ4n) is 2.34. The summed E-state index contributed by atoms with van der Waals surface area (Å²) in [6.45, 7) is 2.71. The number of rotatable bonds is 0. The fraction of sp³-hybridized carbons (Fsp3) is 0.778. The highest BCUT2D eigenvalue weighted by atomic mass is 16.5. The van der Waals surface area contributed by atoms with Crippen LogP contribution in [0.3, 0.4) is 0 Å². The summed E-state index contributed by atoms with van der Waals surface area (Å²) in [5.74, 6) is -0.455. The quantitative estimate of drug-likeness (QED) is 0.514. The summed E-state index contributed by atoms with van der Waals surface area (Å²) < 4.78 is 5.41. The van der Waals surface area contributed by atoms with Crippen LogP contribution in [0.5, 0.6) is 0 Å². The number of likely N-dealkylation sites (N-methyl/N-ethyl adjacent to an activating group) is 1. The Hall–Kier alpha value is -0.940. The number of hydrogen-bond acceptors (Lipinski definition) is 4. The van der Waals surface area contributed by atoms with Gasteiger partial charge in [-0.25, -0.2) is 0 Å². The average molecular weight is 198 g/mol. The van der Waals surface area contributed by atoms with Crippen LogP contribution in [0.25, 0.3) is 0 Å². The molecule has 0 radical (unpaired) electrons. The molecule has 2 aliphatic rings. The smallest absolute Gasteiger partial charge is 0.249 e. The summed E-state index contributed by atoms with van der Waals surface area (Å²) in [4.78, 5) is 24.7. The van der Waals surface area contributed by atoms with Crippen molar-refractivity contribution >= 4 is 11.8 Å². The molecule has 0 aromatic carbocycles. The second-order valence-electron chi connectivity index (χ2n) is 3.92. The van der Waals surface area contributed by atoms with Crippen molar-refractivity contribution in [2.75, 3.05) is 20.2 Å². The molecular weight excluding hydrogens is 184 g/mol. The number of imide groups is 1. The number of amides is 2. The van der Waals surface area contributed by atoms with Gasteiger partial charge in [-0.1, -0.05) is 0 Å². The lowest BCUT2D eigenvalue weighted by atomic mass is 9.87. The zero-order chi connectivity index (χ0) is 10.3. The van der Waals surface area contributed by atoms with E-state index in [0.29, 0.717) is 13.0 Å². The number of ether oxygens (including phenoxy) is 1. The maximum absolute atomic E-state index is 11.8. The molecule has 0 aliphatic carbocycles. The van der Waals surface area contributed by atoms with Crippen LogP contribution in [0.1, 0.15) is 13.3 Å². The molecule has 2 saturated heterocycles. The molecular formula is C9H14N2O3. The van der Waals surface area contributed by atoms with Crippen molar-refractivity contribution in [3.63, 3.8) is 0 Å². The van der Waals surface area contributed by atoms with E-state index in [2.05, 4.69) is 5.32 Å². The van der Waals surface area contributed by atoms with E-state index in [0.717, 1.165) is 0 Å². The zero-order valence-electron chi connectivity index (χ0n) is 8.37. The minimum atomic E-state index is -0.631. The summed E-state index contributed by atoms with van der Waals surface area (Å²) in [7, 11) is 1.79. The van der Waals surface area contributed by atoms with Gasteiger partial charge in [-0.05, 0) is 14.0 Å². The van der Waals surface area contributed by atoms with E-state index < -0.39 is 5.54 Å². The normalized spacial score (nSPS) is 39.1. The second kappa shape index (κ2) is 3.03. The van der Waals surface area contributed by atoms with Crippen LogP contribution in [0, 0.1) is 0 Å². The highest BCUT2D eigenvalue weighted by Crippen LogP contribution is 2.32. The van der Waals surface area contributed by atoms with Crippen LogP contribution in [-0.4, -0.2) is 48.6 Å². The van der Waals surface area contributed by atoms with Crippen molar-refractivity contribution in [2.45, 2.75) is 25.0 Å². The Labute approximate surface area is 82.4 Å². The van der Waals surface area contributed by atoms with E-state index in [1.165, 1.54) is 0 Å². The lowest BCUT2D eigenvalue weighted by molar-refractivity contribution is -0.148. The van der Waals surface area contributed by atoms with E-state index in [4.69, 9.17) is 4.74 Å². The summed E-state index contributed by atoms with van der Waals surface area (Å²) in [5, 5.41) is 2.37. The molecule has 0 aromatic rings. The molecule has 2 fully saturated rings. The summed E-state index contributed by atoms with van der Waals surface area (Å²) in [6, 6.07) is 0. The van der Waals surface area contributed by atoms with E-state index in [-0.39, 0.29) is 24.5 Å². The molecule has 2 heterocycles. The molecule has 0 aromatic heterocycles. The predicted octanol–water partition coefficient (Wildman–Crippen LogP) is -0.878. The minimum Gasteiger partial charge on any atom is -0.376 e. The van der Waals surface area contributed by atoms with Gasteiger partial charge >= 0.3 is 0 Å². The van der Waals surface area contributed by atoms with Crippen LogP contribution in [0.2, 0.25) is 0 Å². The maximum Gasteiger partial charge on any atom is 0.249 e. The SMILES string of the molecule is CC1OCCC12C(=O)NC(=O)CN2C. The zero-order valence-corrected chi connectivity index (χ0v) is 8.37. The minimum absolute atomic E-state index is 0.152. The maximum atomic E-state index is 11.8. The van der Waals surface area contributed by atoms with Crippen molar-refractivity contribution in [1.82, 2.24) is 10.2 Å². The van der Waals surface area contributed by atoms with Crippen molar-refractivity contribution in [3.8, 4) is 0 Å². The Morgan fingerprint density at radius 1 is 1.57 bits per heavy atom. The summed E-state index contributed by atoms with van der Waals surface area (Å²) in [6.07, 6.45) is 0.504. The van der Waals surface area contributed by atoms with Crippen LogP contribution in [0.15, 0.2) is 0 Å². The van der Waals surface area contributed by atoms with E-state index in [1.54, 1.807) is 11.9 Å². The molecule has 1 N–H and O–H groups in total. The third-order valence-electron chi connectivity index (χ3n) is 3.23. The van der Waals surface area contributed by atoms with Gasteiger partial charge in [-0.3, -0.25) is 19.8 Å². The number of carbonyl (C=O) groups excluding carboxylic acids is 2. The number of nitrogens with one attached hydrogen (secondary N) is 1. The van der Waals surface area contributed by atoms with Crippen LogP contribution in [-0.2, 0) is 14.3 Å². The molecule has 5 heteroatoms. The molecule has 0 saturated carbocycles. The second-order valence-corrected chi connectivity index (χ2v) is 3.92. The highest BCUT2D eigenvalue weighted by Gasteiger charge is 2.54. The van der Waals surface area contributed by atoms with Crippen molar-refractivity contribution in [3.05, 3.63) is 0 Å². The summed E-state index contributed by atoms with van der Waals surface area (Å²) in [5.41, 5.74) is -0.631. The van der Waals surface area contributed by atoms with Gasteiger partial charge in [0.05, 0.1) is 12.6 Å². The molecule has 14 heavy (non-hydrogen) atoms. The number of piperazine rings is 1. The lowest BCUT2D eigenvalue weighted by Crippen LogP contribution is -2.68. The molecule has 1 spiro atoms. The van der Waals surface area contributed by atoms with E-state index >= 15 is 0 Å². The fourth-order valence-corrected chi connectivity index (χ4v) is 2.34. The standard InChI is InChI=1S/C9H14N2O3/c1-6-9(3-4-14-6)8(13)10-7(12)5-11(9)2/h6H,3-5H2,1-2H3,(H,10,12,13). The molecule has 2 rings (SSSR count). The largest absolute Gasteiger partial charge is 0.376 e. The Bertz CT molecular complexity index is 292. The van der Waals surface area contributed by atoms with Gasteiger partial charge in [0.2, 0.25) is 11.8 Å².